The number of allylic oxidation sites excluding steroid dienone is 1. The van der Waals surface area contributed by atoms with Gasteiger partial charge in [0.15, 0.2) is 4.80 Å². The van der Waals surface area contributed by atoms with Crippen LogP contribution in [0.25, 0.3) is 6.08 Å². The van der Waals surface area contributed by atoms with Crippen molar-refractivity contribution in [3.05, 3.63) is 82.7 Å². The Labute approximate surface area is 215 Å². The molecule has 1 aromatic carbocycles. The van der Waals surface area contributed by atoms with Crippen molar-refractivity contribution in [3.63, 3.8) is 0 Å². The molecule has 0 fully saturated rings. The van der Waals surface area contributed by atoms with Crippen molar-refractivity contribution in [2.24, 2.45) is 4.99 Å². The van der Waals surface area contributed by atoms with Crippen molar-refractivity contribution in [1.82, 2.24) is 9.47 Å². The zero-order chi connectivity index (χ0) is 26.9. The number of furan rings is 1. The molecule has 1 amide bonds. The number of carbonyl (C=O) groups is 1. The van der Waals surface area contributed by atoms with Gasteiger partial charge < -0.3 is 18.8 Å². The van der Waals surface area contributed by atoms with Gasteiger partial charge in [-0.3, -0.25) is 24.3 Å². The number of methoxy groups -OCH3 is 2. The SMILES string of the molecule is CCN(CC)C(=O)C1=C(C)N=c2s/c(=C/c3ccc([N+](=O)[O-])o3)c(=O)n2[C@@H]1c1cc(OC)ccc1OC. The molecule has 4 rings (SSSR count). The Hall–Kier alpha value is -4.19. The Morgan fingerprint density at radius 3 is 2.57 bits per heavy atom. The normalized spacial score (nSPS) is 15.3. The first-order chi connectivity index (χ1) is 17.7. The number of aromatic nitrogens is 1. The molecule has 1 aliphatic rings. The van der Waals surface area contributed by atoms with E-state index in [-0.39, 0.29) is 16.2 Å². The summed E-state index contributed by atoms with van der Waals surface area (Å²) in [5.41, 5.74) is 0.971. The fourth-order valence-corrected chi connectivity index (χ4v) is 5.30. The average Bonchev–Trinajstić information content (AvgIpc) is 3.48. The van der Waals surface area contributed by atoms with Gasteiger partial charge in [-0.1, -0.05) is 11.3 Å². The summed E-state index contributed by atoms with van der Waals surface area (Å²) >= 11 is 1.10. The summed E-state index contributed by atoms with van der Waals surface area (Å²) in [7, 11) is 3.05. The minimum Gasteiger partial charge on any atom is -0.497 e. The second-order valence-electron chi connectivity index (χ2n) is 8.10. The van der Waals surface area contributed by atoms with E-state index in [0.717, 1.165) is 11.3 Å². The number of nitrogens with zero attached hydrogens (tertiary/aromatic N) is 4. The lowest BCUT2D eigenvalue weighted by Gasteiger charge is -2.30. The zero-order valence-corrected chi connectivity index (χ0v) is 21.8. The highest BCUT2D eigenvalue weighted by Gasteiger charge is 2.36. The molecule has 0 spiro atoms. The number of thiazole rings is 1. The summed E-state index contributed by atoms with van der Waals surface area (Å²) in [6.07, 6.45) is 1.43. The maximum absolute atomic E-state index is 13.8. The highest BCUT2D eigenvalue weighted by Crippen LogP contribution is 2.38. The molecule has 1 aliphatic heterocycles. The van der Waals surface area contributed by atoms with E-state index in [1.165, 1.54) is 37.0 Å². The van der Waals surface area contributed by atoms with Crippen molar-refractivity contribution in [3.8, 4) is 11.5 Å². The summed E-state index contributed by atoms with van der Waals surface area (Å²) in [6.45, 7) is 6.47. The van der Waals surface area contributed by atoms with Gasteiger partial charge in [0.25, 0.3) is 11.5 Å². The number of carbonyl (C=O) groups excluding carboxylic acids is 1. The van der Waals surface area contributed by atoms with Crippen LogP contribution in [-0.2, 0) is 4.79 Å². The molecule has 0 bridgehead atoms. The predicted octanol–water partition coefficient (Wildman–Crippen LogP) is 2.62. The predicted molar refractivity (Wildman–Crippen MR) is 137 cm³/mol. The first-order valence-electron chi connectivity index (χ1n) is 11.5. The van der Waals surface area contributed by atoms with E-state index in [2.05, 4.69) is 4.99 Å². The van der Waals surface area contributed by atoms with Crippen LogP contribution in [0, 0.1) is 10.1 Å². The molecular formula is C25H26N4O7S. The second-order valence-corrected chi connectivity index (χ2v) is 9.11. The molecule has 194 valence electrons. The maximum atomic E-state index is 13.8. The van der Waals surface area contributed by atoms with Crippen molar-refractivity contribution in [1.29, 1.82) is 0 Å². The zero-order valence-electron chi connectivity index (χ0n) is 21.0. The van der Waals surface area contributed by atoms with Gasteiger partial charge in [0.2, 0.25) is 0 Å². The number of ether oxygens (including phenoxy) is 2. The van der Waals surface area contributed by atoms with Crippen LogP contribution in [0.15, 0.2) is 55.8 Å². The smallest absolute Gasteiger partial charge is 0.433 e. The van der Waals surface area contributed by atoms with Gasteiger partial charge in [0.05, 0.1) is 36.1 Å². The summed E-state index contributed by atoms with van der Waals surface area (Å²) in [4.78, 5) is 44.5. The number of rotatable bonds is 8. The lowest BCUT2D eigenvalue weighted by molar-refractivity contribution is -0.402. The summed E-state index contributed by atoms with van der Waals surface area (Å²) < 4.78 is 18.0. The Morgan fingerprint density at radius 2 is 1.97 bits per heavy atom. The quantitative estimate of drug-likeness (QED) is 0.326. The largest absolute Gasteiger partial charge is 0.497 e. The van der Waals surface area contributed by atoms with Gasteiger partial charge in [-0.2, -0.15) is 0 Å². The van der Waals surface area contributed by atoms with Crippen LogP contribution in [0.5, 0.6) is 11.5 Å². The molecule has 3 heterocycles. The van der Waals surface area contributed by atoms with E-state index in [4.69, 9.17) is 13.9 Å². The average molecular weight is 527 g/mol. The Balaban J connectivity index is 2.01. The van der Waals surface area contributed by atoms with E-state index in [1.807, 2.05) is 13.8 Å². The standard InChI is InChI=1S/C25H26N4O7S/c1-6-27(7-2)24(31)21-14(3)26-25-28(22(21)17-12-15(34-4)8-10-18(17)35-5)23(30)19(37-25)13-16-9-11-20(36-16)29(32)33/h8-13,22H,6-7H2,1-5H3/b19-13+/t22-/m1/s1. The van der Waals surface area contributed by atoms with Crippen LogP contribution in [0.2, 0.25) is 0 Å². The fourth-order valence-electron chi connectivity index (χ4n) is 4.27. The van der Waals surface area contributed by atoms with Crippen LogP contribution < -0.4 is 24.4 Å². The Bertz CT molecular complexity index is 1580. The van der Waals surface area contributed by atoms with Gasteiger partial charge in [-0.15, -0.1) is 0 Å². The van der Waals surface area contributed by atoms with Crippen molar-refractivity contribution < 1.29 is 23.6 Å². The number of amides is 1. The summed E-state index contributed by atoms with van der Waals surface area (Å²) in [5.74, 6) is 0.493. The molecule has 1 atom stereocenters. The van der Waals surface area contributed by atoms with Gasteiger partial charge in [-0.25, -0.2) is 4.99 Å². The van der Waals surface area contributed by atoms with Crippen molar-refractivity contribution >= 4 is 29.2 Å². The van der Waals surface area contributed by atoms with Crippen LogP contribution >= 0.6 is 11.3 Å². The first kappa shape index (κ1) is 25.9. The number of likely N-dealkylation sites (N-methyl/N-ethyl adjacent to an activating group) is 1. The molecule has 0 saturated carbocycles. The summed E-state index contributed by atoms with van der Waals surface area (Å²) in [5, 5.41) is 11.0. The molecule has 2 aromatic heterocycles. The van der Waals surface area contributed by atoms with Gasteiger partial charge in [-0.05, 0) is 45.0 Å². The molecule has 37 heavy (non-hydrogen) atoms. The third kappa shape index (κ3) is 4.67. The minimum absolute atomic E-state index is 0.155. The number of hydrogen-bond donors (Lipinski definition) is 0. The molecule has 3 aromatic rings. The molecule has 0 N–H and O–H groups in total. The number of benzene rings is 1. The summed E-state index contributed by atoms with van der Waals surface area (Å²) in [6, 6.07) is 6.99. The first-order valence-corrected chi connectivity index (χ1v) is 12.3. The van der Waals surface area contributed by atoms with Crippen molar-refractivity contribution in [2.45, 2.75) is 26.8 Å². The minimum atomic E-state index is -0.845. The number of nitro groups is 1. The molecular weight excluding hydrogens is 500 g/mol. The van der Waals surface area contributed by atoms with Crippen LogP contribution in [0.1, 0.15) is 38.1 Å². The van der Waals surface area contributed by atoms with Crippen LogP contribution in [-0.4, -0.2) is 47.6 Å². The lowest BCUT2D eigenvalue weighted by atomic mass is 9.93. The Kier molecular flexibility index (Phi) is 7.30. The van der Waals surface area contributed by atoms with E-state index in [0.29, 0.717) is 46.2 Å². The van der Waals surface area contributed by atoms with Gasteiger partial charge >= 0.3 is 5.88 Å². The fraction of sp³-hybridized carbons (Fsp3) is 0.320. The number of fused-ring (bicyclic) bond motifs is 1. The maximum Gasteiger partial charge on any atom is 0.433 e. The Morgan fingerprint density at radius 1 is 1.24 bits per heavy atom. The topological polar surface area (TPSA) is 129 Å². The molecule has 0 saturated heterocycles. The third-order valence-electron chi connectivity index (χ3n) is 6.10. The van der Waals surface area contributed by atoms with E-state index >= 15 is 0 Å². The molecule has 0 aliphatic carbocycles. The van der Waals surface area contributed by atoms with E-state index in [1.54, 1.807) is 30.0 Å². The highest BCUT2D eigenvalue weighted by molar-refractivity contribution is 7.07. The third-order valence-corrected chi connectivity index (χ3v) is 7.08. The highest BCUT2D eigenvalue weighted by atomic mass is 32.1. The van der Waals surface area contributed by atoms with Crippen LogP contribution in [0.3, 0.4) is 0 Å². The monoisotopic (exact) mass is 526 g/mol. The van der Waals surface area contributed by atoms with Gasteiger partial charge in [0.1, 0.15) is 28.2 Å². The van der Waals surface area contributed by atoms with E-state index < -0.39 is 22.4 Å². The molecule has 12 heteroatoms. The van der Waals surface area contributed by atoms with E-state index in [9.17, 15) is 19.7 Å². The van der Waals surface area contributed by atoms with Crippen molar-refractivity contribution in [2.75, 3.05) is 27.3 Å². The molecule has 11 nitrogen and oxygen atoms in total. The van der Waals surface area contributed by atoms with Crippen LogP contribution in [0.4, 0.5) is 5.88 Å². The number of hydrogen-bond acceptors (Lipinski definition) is 9. The molecule has 0 radical (unpaired) electrons. The second kappa shape index (κ2) is 10.4. The lowest BCUT2D eigenvalue weighted by Crippen LogP contribution is -2.43. The molecule has 0 unspecified atom stereocenters. The van der Waals surface area contributed by atoms with Gasteiger partial charge in [0, 0.05) is 24.7 Å².